The standard InChI is InChI=1S/C13H13NO3/c1-9(15)12-5-4-10(7-13(12)14)17-8-11-3-2-6-16-11/h2-7H,8,14H2,1H3. The number of carbonyl (C=O) groups excluding carboxylic acids is 1. The number of ether oxygens (including phenoxy) is 1. The van der Waals surface area contributed by atoms with E-state index in [9.17, 15) is 4.79 Å². The van der Waals surface area contributed by atoms with Crippen LogP contribution in [0.3, 0.4) is 0 Å². The monoisotopic (exact) mass is 231 g/mol. The first-order valence-corrected chi connectivity index (χ1v) is 5.22. The van der Waals surface area contributed by atoms with Crippen LogP contribution in [0.2, 0.25) is 0 Å². The van der Waals surface area contributed by atoms with Gasteiger partial charge in [-0.3, -0.25) is 4.79 Å². The van der Waals surface area contributed by atoms with Crippen molar-refractivity contribution in [3.8, 4) is 5.75 Å². The Morgan fingerprint density at radius 2 is 2.24 bits per heavy atom. The second-order valence-electron chi connectivity index (χ2n) is 3.67. The molecule has 0 bridgehead atoms. The molecule has 0 amide bonds. The molecular weight excluding hydrogens is 218 g/mol. The van der Waals surface area contributed by atoms with Crippen LogP contribution in [0.15, 0.2) is 41.0 Å². The van der Waals surface area contributed by atoms with Crippen molar-refractivity contribution in [2.24, 2.45) is 0 Å². The van der Waals surface area contributed by atoms with Gasteiger partial charge in [-0.05, 0) is 31.2 Å². The minimum absolute atomic E-state index is 0.0555. The van der Waals surface area contributed by atoms with Crippen LogP contribution in [0.5, 0.6) is 5.75 Å². The number of hydrogen-bond donors (Lipinski definition) is 1. The van der Waals surface area contributed by atoms with E-state index in [0.717, 1.165) is 5.76 Å². The van der Waals surface area contributed by atoms with E-state index in [1.807, 2.05) is 6.07 Å². The molecular formula is C13H13NO3. The number of ketones is 1. The zero-order valence-corrected chi connectivity index (χ0v) is 9.47. The fraction of sp³-hybridized carbons (Fsp3) is 0.154. The van der Waals surface area contributed by atoms with Crippen LogP contribution in [0, 0.1) is 0 Å². The van der Waals surface area contributed by atoms with Gasteiger partial charge in [0, 0.05) is 17.3 Å². The maximum Gasteiger partial charge on any atom is 0.161 e. The average Bonchev–Trinajstić information content (AvgIpc) is 2.78. The van der Waals surface area contributed by atoms with Crippen LogP contribution in [0.25, 0.3) is 0 Å². The summed E-state index contributed by atoms with van der Waals surface area (Å²) in [4.78, 5) is 11.2. The molecule has 0 aliphatic heterocycles. The van der Waals surface area contributed by atoms with Gasteiger partial charge in [-0.15, -0.1) is 0 Å². The number of anilines is 1. The normalized spacial score (nSPS) is 10.2. The van der Waals surface area contributed by atoms with Crippen molar-refractivity contribution in [1.82, 2.24) is 0 Å². The Morgan fingerprint density at radius 1 is 1.41 bits per heavy atom. The van der Waals surface area contributed by atoms with Gasteiger partial charge in [0.2, 0.25) is 0 Å². The molecule has 0 aliphatic carbocycles. The van der Waals surface area contributed by atoms with Gasteiger partial charge in [0.15, 0.2) is 5.78 Å². The Bertz CT molecular complexity index is 517. The number of Topliss-reactive ketones (excluding diaryl/α,β-unsaturated/α-hetero) is 1. The van der Waals surface area contributed by atoms with Gasteiger partial charge in [0.25, 0.3) is 0 Å². The van der Waals surface area contributed by atoms with Crippen molar-refractivity contribution in [1.29, 1.82) is 0 Å². The summed E-state index contributed by atoms with van der Waals surface area (Å²) in [6.45, 7) is 1.82. The Labute approximate surface area is 99.0 Å². The van der Waals surface area contributed by atoms with Crippen molar-refractivity contribution in [3.05, 3.63) is 47.9 Å². The van der Waals surface area contributed by atoms with Crippen LogP contribution in [0.4, 0.5) is 5.69 Å². The third-order valence-corrected chi connectivity index (χ3v) is 2.36. The van der Waals surface area contributed by atoms with Crippen molar-refractivity contribution < 1.29 is 13.9 Å². The van der Waals surface area contributed by atoms with E-state index in [-0.39, 0.29) is 5.78 Å². The molecule has 88 valence electrons. The highest BCUT2D eigenvalue weighted by Gasteiger charge is 2.06. The Balaban J connectivity index is 2.07. The number of hydrogen-bond acceptors (Lipinski definition) is 4. The summed E-state index contributed by atoms with van der Waals surface area (Å²) in [7, 11) is 0. The average molecular weight is 231 g/mol. The number of benzene rings is 1. The van der Waals surface area contributed by atoms with Gasteiger partial charge < -0.3 is 14.9 Å². The lowest BCUT2D eigenvalue weighted by atomic mass is 10.1. The smallest absolute Gasteiger partial charge is 0.161 e. The Hall–Kier alpha value is -2.23. The van der Waals surface area contributed by atoms with E-state index in [4.69, 9.17) is 14.9 Å². The second kappa shape index (κ2) is 4.74. The molecule has 17 heavy (non-hydrogen) atoms. The fourth-order valence-corrected chi connectivity index (χ4v) is 1.50. The Morgan fingerprint density at radius 3 is 2.82 bits per heavy atom. The van der Waals surface area contributed by atoms with Crippen molar-refractivity contribution in [2.45, 2.75) is 13.5 Å². The Kier molecular flexibility index (Phi) is 3.14. The van der Waals surface area contributed by atoms with E-state index in [2.05, 4.69) is 0 Å². The number of carbonyl (C=O) groups is 1. The third kappa shape index (κ3) is 2.66. The molecule has 2 aromatic rings. The highest BCUT2D eigenvalue weighted by Crippen LogP contribution is 2.21. The molecule has 0 atom stereocenters. The van der Waals surface area contributed by atoms with Crippen molar-refractivity contribution in [3.63, 3.8) is 0 Å². The first-order chi connectivity index (χ1) is 8.16. The van der Waals surface area contributed by atoms with E-state index < -0.39 is 0 Å². The predicted molar refractivity (Wildman–Crippen MR) is 63.9 cm³/mol. The van der Waals surface area contributed by atoms with E-state index in [1.54, 1.807) is 30.5 Å². The molecule has 0 unspecified atom stereocenters. The molecule has 0 fully saturated rings. The number of nitrogen functional groups attached to an aromatic ring is 1. The predicted octanol–water partition coefficient (Wildman–Crippen LogP) is 2.64. The molecule has 2 rings (SSSR count). The molecule has 4 heteroatoms. The van der Waals surface area contributed by atoms with Crippen molar-refractivity contribution >= 4 is 11.5 Å². The van der Waals surface area contributed by atoms with Gasteiger partial charge in [-0.25, -0.2) is 0 Å². The maximum absolute atomic E-state index is 11.2. The highest BCUT2D eigenvalue weighted by atomic mass is 16.5. The second-order valence-corrected chi connectivity index (χ2v) is 3.67. The molecule has 0 saturated carbocycles. The number of furan rings is 1. The summed E-state index contributed by atoms with van der Waals surface area (Å²) in [6, 6.07) is 8.64. The molecule has 1 aromatic carbocycles. The molecule has 2 N–H and O–H groups in total. The third-order valence-electron chi connectivity index (χ3n) is 2.36. The minimum Gasteiger partial charge on any atom is -0.486 e. The first kappa shape index (κ1) is 11.3. The summed E-state index contributed by atoms with van der Waals surface area (Å²) in [5, 5.41) is 0. The minimum atomic E-state index is -0.0555. The molecule has 4 nitrogen and oxygen atoms in total. The molecule has 0 radical (unpaired) electrons. The van der Waals surface area contributed by atoms with Gasteiger partial charge in [0.05, 0.1) is 6.26 Å². The van der Waals surface area contributed by atoms with Crippen molar-refractivity contribution in [2.75, 3.05) is 5.73 Å². The van der Waals surface area contributed by atoms with Crippen LogP contribution in [0.1, 0.15) is 23.0 Å². The summed E-state index contributed by atoms with van der Waals surface area (Å²) in [5.41, 5.74) is 6.68. The molecule has 0 spiro atoms. The quantitative estimate of drug-likeness (QED) is 0.649. The maximum atomic E-state index is 11.2. The first-order valence-electron chi connectivity index (χ1n) is 5.22. The molecule has 1 aromatic heterocycles. The van der Waals surface area contributed by atoms with Crippen LogP contribution in [-0.2, 0) is 6.61 Å². The largest absolute Gasteiger partial charge is 0.486 e. The van der Waals surface area contributed by atoms with Gasteiger partial charge in [0.1, 0.15) is 18.1 Å². The van der Waals surface area contributed by atoms with E-state index >= 15 is 0 Å². The zero-order chi connectivity index (χ0) is 12.3. The summed E-state index contributed by atoms with van der Waals surface area (Å²) in [5.74, 6) is 1.29. The molecule has 1 heterocycles. The summed E-state index contributed by atoms with van der Waals surface area (Å²) >= 11 is 0. The zero-order valence-electron chi connectivity index (χ0n) is 9.47. The van der Waals surface area contributed by atoms with E-state index in [0.29, 0.717) is 23.6 Å². The van der Waals surface area contributed by atoms with Crippen LogP contribution >= 0.6 is 0 Å². The summed E-state index contributed by atoms with van der Waals surface area (Å²) in [6.07, 6.45) is 1.59. The topological polar surface area (TPSA) is 65.5 Å². The number of nitrogens with two attached hydrogens (primary N) is 1. The highest BCUT2D eigenvalue weighted by molar-refractivity contribution is 5.99. The lowest BCUT2D eigenvalue weighted by Crippen LogP contribution is -2.01. The lowest BCUT2D eigenvalue weighted by molar-refractivity contribution is 0.101. The van der Waals surface area contributed by atoms with Gasteiger partial charge in [-0.1, -0.05) is 0 Å². The summed E-state index contributed by atoms with van der Waals surface area (Å²) < 4.78 is 10.6. The van der Waals surface area contributed by atoms with Crippen LogP contribution in [-0.4, -0.2) is 5.78 Å². The fourth-order valence-electron chi connectivity index (χ4n) is 1.50. The molecule has 0 saturated heterocycles. The lowest BCUT2D eigenvalue weighted by Gasteiger charge is -2.07. The van der Waals surface area contributed by atoms with E-state index in [1.165, 1.54) is 6.92 Å². The SMILES string of the molecule is CC(=O)c1ccc(OCc2ccco2)cc1N. The van der Waals surface area contributed by atoms with Crippen LogP contribution < -0.4 is 10.5 Å². The van der Waals surface area contributed by atoms with Gasteiger partial charge >= 0.3 is 0 Å². The van der Waals surface area contributed by atoms with Gasteiger partial charge in [-0.2, -0.15) is 0 Å². The molecule has 0 aliphatic rings. The number of rotatable bonds is 4.